The monoisotopic (exact) mass is 450 g/mol. The van der Waals surface area contributed by atoms with Crippen molar-refractivity contribution in [2.75, 3.05) is 13.2 Å². The molecule has 2 aromatic rings. The van der Waals surface area contributed by atoms with Gasteiger partial charge in [-0.1, -0.05) is 55.5 Å². The lowest BCUT2D eigenvalue weighted by molar-refractivity contribution is -0.157. The highest BCUT2D eigenvalue weighted by Gasteiger charge is 2.50. The minimum absolute atomic E-state index is 0.0828. The van der Waals surface area contributed by atoms with Crippen molar-refractivity contribution in [1.29, 1.82) is 0 Å². The largest absolute Gasteiger partial charge is 0.480 e. The van der Waals surface area contributed by atoms with E-state index < -0.39 is 29.0 Å². The van der Waals surface area contributed by atoms with Crippen LogP contribution < -0.4 is 5.32 Å². The van der Waals surface area contributed by atoms with Gasteiger partial charge in [-0.25, -0.2) is 9.59 Å². The van der Waals surface area contributed by atoms with Crippen LogP contribution in [0.3, 0.4) is 0 Å². The van der Waals surface area contributed by atoms with Gasteiger partial charge in [-0.2, -0.15) is 0 Å². The van der Waals surface area contributed by atoms with Crippen molar-refractivity contribution in [3.05, 3.63) is 59.7 Å². The average Bonchev–Trinajstić information content (AvgIpc) is 3.36. The molecule has 1 saturated heterocycles. The first-order chi connectivity index (χ1) is 15.7. The first-order valence-electron chi connectivity index (χ1n) is 11.4. The zero-order chi connectivity index (χ0) is 23.8. The van der Waals surface area contributed by atoms with Crippen molar-refractivity contribution in [3.63, 3.8) is 0 Å². The van der Waals surface area contributed by atoms with Crippen LogP contribution in [-0.4, -0.2) is 52.2 Å². The number of likely N-dealkylation sites (tertiary alicyclic amines) is 1. The number of nitrogens with zero attached hydrogens (tertiary/aromatic N) is 1. The van der Waals surface area contributed by atoms with Crippen LogP contribution >= 0.6 is 0 Å². The number of hydrogen-bond donors (Lipinski definition) is 2. The van der Waals surface area contributed by atoms with Gasteiger partial charge in [-0.3, -0.25) is 4.79 Å². The molecule has 1 heterocycles. The third-order valence-electron chi connectivity index (χ3n) is 7.25. The van der Waals surface area contributed by atoms with E-state index in [-0.39, 0.29) is 12.5 Å². The summed E-state index contributed by atoms with van der Waals surface area (Å²) >= 11 is 0. The quantitative estimate of drug-likeness (QED) is 0.689. The fourth-order valence-corrected chi connectivity index (χ4v) is 4.96. The second-order valence-electron chi connectivity index (χ2n) is 9.28. The van der Waals surface area contributed by atoms with Gasteiger partial charge in [0.2, 0.25) is 5.91 Å². The molecule has 2 aromatic carbocycles. The highest BCUT2D eigenvalue weighted by atomic mass is 16.5. The summed E-state index contributed by atoms with van der Waals surface area (Å²) in [5.74, 6) is -1.52. The second kappa shape index (κ2) is 8.54. The molecule has 4 rings (SSSR count). The Balaban J connectivity index is 1.47. The summed E-state index contributed by atoms with van der Waals surface area (Å²) in [4.78, 5) is 39.3. The number of ether oxygens (including phenoxy) is 1. The number of carboxylic acids is 1. The zero-order valence-electron chi connectivity index (χ0n) is 19.3. The Morgan fingerprint density at radius 3 is 2.24 bits per heavy atom. The van der Waals surface area contributed by atoms with Gasteiger partial charge in [0.15, 0.2) is 0 Å². The maximum absolute atomic E-state index is 13.3. The molecule has 2 unspecified atom stereocenters. The van der Waals surface area contributed by atoms with E-state index in [1.54, 1.807) is 20.8 Å². The predicted octanol–water partition coefficient (Wildman–Crippen LogP) is 4.16. The number of rotatable bonds is 6. The summed E-state index contributed by atoms with van der Waals surface area (Å²) in [7, 11) is 0. The van der Waals surface area contributed by atoms with E-state index in [9.17, 15) is 19.5 Å². The van der Waals surface area contributed by atoms with Gasteiger partial charge in [0.25, 0.3) is 0 Å². The van der Waals surface area contributed by atoms with Crippen LogP contribution in [-0.2, 0) is 14.3 Å². The van der Waals surface area contributed by atoms with Gasteiger partial charge in [-0.05, 0) is 55.4 Å². The third kappa shape index (κ3) is 3.86. The Labute approximate surface area is 193 Å². The van der Waals surface area contributed by atoms with Crippen LogP contribution in [0.4, 0.5) is 4.79 Å². The molecule has 7 heteroatoms. The molecule has 0 aromatic heterocycles. The minimum Gasteiger partial charge on any atom is -0.480 e. The Morgan fingerprint density at radius 2 is 1.70 bits per heavy atom. The summed E-state index contributed by atoms with van der Waals surface area (Å²) < 4.78 is 5.61. The van der Waals surface area contributed by atoms with Crippen molar-refractivity contribution < 1.29 is 24.2 Å². The molecule has 2 atom stereocenters. The van der Waals surface area contributed by atoms with E-state index in [4.69, 9.17) is 4.74 Å². The lowest BCUT2D eigenvalue weighted by Gasteiger charge is -2.38. The summed E-state index contributed by atoms with van der Waals surface area (Å²) in [6, 6.07) is 16.1. The SMILES string of the molecule is CCC(C)(NC(=O)OCC1c2ccccc2-c2ccccc21)C(=O)N1CCCC1(C)C(=O)O. The molecule has 0 bridgehead atoms. The van der Waals surface area contributed by atoms with Crippen LogP contribution in [0.25, 0.3) is 11.1 Å². The van der Waals surface area contributed by atoms with Gasteiger partial charge < -0.3 is 20.1 Å². The van der Waals surface area contributed by atoms with E-state index in [0.29, 0.717) is 25.8 Å². The molecular formula is C26H30N2O5. The van der Waals surface area contributed by atoms with E-state index >= 15 is 0 Å². The van der Waals surface area contributed by atoms with Crippen LogP contribution in [0.15, 0.2) is 48.5 Å². The molecule has 174 valence electrons. The number of carbonyl (C=O) groups excluding carboxylic acids is 2. The van der Waals surface area contributed by atoms with Gasteiger partial charge >= 0.3 is 12.1 Å². The van der Waals surface area contributed by atoms with Crippen LogP contribution in [0, 0.1) is 0 Å². The number of benzene rings is 2. The van der Waals surface area contributed by atoms with E-state index in [1.165, 1.54) is 4.90 Å². The third-order valence-corrected chi connectivity index (χ3v) is 7.25. The molecule has 1 aliphatic heterocycles. The minimum atomic E-state index is -1.27. The highest BCUT2D eigenvalue weighted by Crippen LogP contribution is 2.44. The van der Waals surface area contributed by atoms with Gasteiger partial charge in [0.05, 0.1) is 0 Å². The van der Waals surface area contributed by atoms with Crippen LogP contribution in [0.1, 0.15) is 57.1 Å². The fourth-order valence-electron chi connectivity index (χ4n) is 4.96. The topological polar surface area (TPSA) is 95.9 Å². The van der Waals surface area contributed by atoms with Crippen LogP contribution in [0.2, 0.25) is 0 Å². The number of amides is 2. The molecule has 1 aliphatic carbocycles. The first-order valence-corrected chi connectivity index (χ1v) is 11.4. The number of alkyl carbamates (subject to hydrolysis) is 1. The molecular weight excluding hydrogens is 420 g/mol. The van der Waals surface area contributed by atoms with Gasteiger partial charge in [-0.15, -0.1) is 0 Å². The normalized spacial score (nSPS) is 21.1. The summed E-state index contributed by atoms with van der Waals surface area (Å²) in [6.45, 7) is 5.46. The average molecular weight is 451 g/mol. The summed E-state index contributed by atoms with van der Waals surface area (Å²) in [5.41, 5.74) is 1.96. The maximum Gasteiger partial charge on any atom is 0.408 e. The maximum atomic E-state index is 13.3. The molecule has 2 aliphatic rings. The standard InChI is InChI=1S/C26H30N2O5/c1-4-25(2,22(29)28-15-9-14-26(28,3)23(30)31)27-24(32)33-16-21-19-12-7-5-10-17(19)18-11-6-8-13-20(18)21/h5-8,10-13,21H,4,9,14-16H2,1-3H3,(H,27,32)(H,30,31). The Hall–Kier alpha value is -3.35. The van der Waals surface area contributed by atoms with E-state index in [1.807, 2.05) is 36.4 Å². The fraction of sp³-hybridized carbons (Fsp3) is 0.423. The van der Waals surface area contributed by atoms with E-state index in [2.05, 4.69) is 17.4 Å². The molecule has 2 N–H and O–H groups in total. The van der Waals surface area contributed by atoms with Crippen molar-refractivity contribution in [2.45, 2.75) is 57.0 Å². The molecule has 7 nitrogen and oxygen atoms in total. The Kier molecular flexibility index (Phi) is 5.91. The number of nitrogens with one attached hydrogen (secondary N) is 1. The van der Waals surface area contributed by atoms with Gasteiger partial charge in [0.1, 0.15) is 17.7 Å². The molecule has 0 radical (unpaired) electrons. The smallest absolute Gasteiger partial charge is 0.408 e. The van der Waals surface area contributed by atoms with Gasteiger partial charge in [0, 0.05) is 12.5 Å². The molecule has 1 fully saturated rings. The second-order valence-corrected chi connectivity index (χ2v) is 9.28. The van der Waals surface area contributed by atoms with Crippen molar-refractivity contribution >= 4 is 18.0 Å². The lowest BCUT2D eigenvalue weighted by atomic mass is 9.93. The zero-order valence-corrected chi connectivity index (χ0v) is 19.3. The highest BCUT2D eigenvalue weighted by molar-refractivity contribution is 5.94. The number of hydrogen-bond acceptors (Lipinski definition) is 4. The number of aliphatic carboxylic acids is 1. The van der Waals surface area contributed by atoms with E-state index in [0.717, 1.165) is 22.3 Å². The summed E-state index contributed by atoms with van der Waals surface area (Å²) in [5, 5.41) is 12.4. The summed E-state index contributed by atoms with van der Waals surface area (Å²) in [6.07, 6.45) is 0.617. The molecule has 2 amide bonds. The number of carbonyl (C=O) groups is 3. The molecule has 33 heavy (non-hydrogen) atoms. The molecule has 0 saturated carbocycles. The first kappa shape index (κ1) is 22.8. The molecule has 0 spiro atoms. The predicted molar refractivity (Wildman–Crippen MR) is 124 cm³/mol. The van der Waals surface area contributed by atoms with Crippen molar-refractivity contribution in [3.8, 4) is 11.1 Å². The lowest BCUT2D eigenvalue weighted by Crippen LogP contribution is -2.62. The van der Waals surface area contributed by atoms with Crippen LogP contribution in [0.5, 0.6) is 0 Å². The number of fused-ring (bicyclic) bond motifs is 3. The Bertz CT molecular complexity index is 1050. The van der Waals surface area contributed by atoms with Crippen molar-refractivity contribution in [1.82, 2.24) is 10.2 Å². The van der Waals surface area contributed by atoms with Crippen molar-refractivity contribution in [2.24, 2.45) is 0 Å². The number of carboxylic acid groups (broad SMARTS) is 1. The Morgan fingerprint density at radius 1 is 1.12 bits per heavy atom.